The predicted molar refractivity (Wildman–Crippen MR) is 62.4 cm³/mol. The fraction of sp³-hybridized carbons (Fsp3) is 0.818. The van der Waals surface area contributed by atoms with Crippen LogP contribution in [0.3, 0.4) is 0 Å². The van der Waals surface area contributed by atoms with Gasteiger partial charge < -0.3 is 4.74 Å². The third-order valence-corrected chi connectivity index (χ3v) is 3.79. The van der Waals surface area contributed by atoms with Crippen LogP contribution in [0.25, 0.3) is 0 Å². The minimum atomic E-state index is -0.720. The highest BCUT2D eigenvalue weighted by Crippen LogP contribution is 2.38. The molecule has 0 N–H and O–H groups in total. The highest BCUT2D eigenvalue weighted by atomic mass is 32.1. The number of rotatable bonds is 1. The summed E-state index contributed by atoms with van der Waals surface area (Å²) in [5.74, 6) is 0.289. The molecule has 1 heterocycles. The maximum Gasteiger partial charge on any atom is 0.340 e. The maximum atomic E-state index is 11.5. The van der Waals surface area contributed by atoms with Crippen LogP contribution < -0.4 is 0 Å². The largest absolute Gasteiger partial charge is 0.409 e. The van der Waals surface area contributed by atoms with E-state index in [-0.39, 0.29) is 10.7 Å². The van der Waals surface area contributed by atoms with Crippen LogP contribution in [-0.2, 0) is 9.53 Å². The Hall–Kier alpha value is -0.510. The molecule has 0 spiro atoms. The zero-order chi connectivity index (χ0) is 11.1. The van der Waals surface area contributed by atoms with Gasteiger partial charge in [-0.25, -0.2) is 9.79 Å². The highest BCUT2D eigenvalue weighted by molar-refractivity contribution is 7.82. The van der Waals surface area contributed by atoms with Crippen LogP contribution in [0.15, 0.2) is 4.99 Å². The molecular weight excluding hydrogens is 210 g/mol. The van der Waals surface area contributed by atoms with Crippen molar-refractivity contribution in [2.75, 3.05) is 0 Å². The van der Waals surface area contributed by atoms with Gasteiger partial charge in [-0.15, -0.1) is 0 Å². The molecule has 2 rings (SSSR count). The van der Waals surface area contributed by atoms with E-state index in [9.17, 15) is 4.79 Å². The number of esters is 1. The van der Waals surface area contributed by atoms with E-state index in [1.54, 1.807) is 13.8 Å². The van der Waals surface area contributed by atoms with E-state index < -0.39 is 5.54 Å². The summed E-state index contributed by atoms with van der Waals surface area (Å²) in [6.45, 7) is 3.56. The van der Waals surface area contributed by atoms with Crippen molar-refractivity contribution < 1.29 is 9.53 Å². The summed E-state index contributed by atoms with van der Waals surface area (Å²) >= 11 is 4.66. The van der Waals surface area contributed by atoms with Crippen LogP contribution in [-0.4, -0.2) is 22.2 Å². The van der Waals surface area contributed by atoms with Crippen LogP contribution >= 0.6 is 12.6 Å². The summed E-state index contributed by atoms with van der Waals surface area (Å²) in [6, 6.07) is 0. The van der Waals surface area contributed by atoms with Gasteiger partial charge >= 0.3 is 5.97 Å². The van der Waals surface area contributed by atoms with E-state index in [1.807, 2.05) is 0 Å². The van der Waals surface area contributed by atoms with Crippen molar-refractivity contribution in [3.8, 4) is 0 Å². The molecular formula is C11H17NO2S. The molecule has 0 aromatic heterocycles. The molecule has 4 heteroatoms. The monoisotopic (exact) mass is 227 g/mol. The molecule has 0 amide bonds. The third kappa shape index (κ3) is 1.92. The second-order valence-corrected chi connectivity index (χ2v) is 5.81. The molecule has 0 bridgehead atoms. The molecule has 1 aliphatic heterocycles. The van der Waals surface area contributed by atoms with Gasteiger partial charge in [0.05, 0.1) is 4.75 Å². The predicted octanol–water partition coefficient (Wildman–Crippen LogP) is 2.35. The van der Waals surface area contributed by atoms with Crippen molar-refractivity contribution >= 4 is 24.5 Å². The second kappa shape index (κ2) is 3.51. The molecule has 0 radical (unpaired) electrons. The molecule has 1 fully saturated rings. The van der Waals surface area contributed by atoms with Gasteiger partial charge in [0.2, 0.25) is 5.90 Å². The van der Waals surface area contributed by atoms with Crippen molar-refractivity contribution in [1.29, 1.82) is 0 Å². The first-order valence-corrected chi connectivity index (χ1v) is 5.94. The van der Waals surface area contributed by atoms with Crippen LogP contribution in [0.5, 0.6) is 0 Å². The Kier molecular flexibility index (Phi) is 2.57. The van der Waals surface area contributed by atoms with Crippen LogP contribution in [0.1, 0.15) is 46.0 Å². The van der Waals surface area contributed by atoms with Crippen LogP contribution in [0, 0.1) is 0 Å². The Morgan fingerprint density at radius 3 is 2.33 bits per heavy atom. The highest BCUT2D eigenvalue weighted by Gasteiger charge is 2.45. The number of cyclic esters (lactones) is 1. The van der Waals surface area contributed by atoms with Crippen molar-refractivity contribution in [2.45, 2.75) is 56.2 Å². The molecule has 0 aromatic carbocycles. The van der Waals surface area contributed by atoms with E-state index in [0.29, 0.717) is 5.90 Å². The van der Waals surface area contributed by atoms with Gasteiger partial charge in [0, 0.05) is 0 Å². The zero-order valence-electron chi connectivity index (χ0n) is 9.25. The topological polar surface area (TPSA) is 38.7 Å². The third-order valence-electron chi connectivity index (χ3n) is 3.15. The summed E-state index contributed by atoms with van der Waals surface area (Å²) < 4.78 is 4.95. The van der Waals surface area contributed by atoms with E-state index in [2.05, 4.69) is 17.6 Å². The zero-order valence-corrected chi connectivity index (χ0v) is 10.1. The number of hydrogen-bond acceptors (Lipinski definition) is 4. The fourth-order valence-corrected chi connectivity index (χ4v) is 2.50. The molecule has 0 saturated heterocycles. The first kappa shape index (κ1) is 11.0. The Labute approximate surface area is 95.7 Å². The molecule has 0 atom stereocenters. The molecule has 2 aliphatic rings. The molecule has 15 heavy (non-hydrogen) atoms. The number of hydrogen-bond donors (Lipinski definition) is 1. The van der Waals surface area contributed by atoms with Crippen LogP contribution in [0.4, 0.5) is 0 Å². The van der Waals surface area contributed by atoms with Gasteiger partial charge in [0.15, 0.2) is 5.54 Å². The molecule has 1 aliphatic carbocycles. The lowest BCUT2D eigenvalue weighted by atomic mass is 9.88. The van der Waals surface area contributed by atoms with Gasteiger partial charge in [-0.2, -0.15) is 12.6 Å². The lowest BCUT2D eigenvalue weighted by molar-refractivity contribution is -0.138. The molecule has 0 aromatic rings. The Morgan fingerprint density at radius 1 is 1.27 bits per heavy atom. The van der Waals surface area contributed by atoms with Crippen molar-refractivity contribution in [3.05, 3.63) is 0 Å². The van der Waals surface area contributed by atoms with E-state index >= 15 is 0 Å². The van der Waals surface area contributed by atoms with E-state index in [4.69, 9.17) is 4.74 Å². The van der Waals surface area contributed by atoms with Crippen molar-refractivity contribution in [2.24, 2.45) is 4.99 Å². The summed E-state index contributed by atoms with van der Waals surface area (Å²) in [6.07, 6.45) is 5.44. The minimum Gasteiger partial charge on any atom is -0.409 e. The van der Waals surface area contributed by atoms with Crippen LogP contribution in [0.2, 0.25) is 0 Å². The van der Waals surface area contributed by atoms with Crippen molar-refractivity contribution in [1.82, 2.24) is 0 Å². The number of aliphatic imine (C=N–C) groups is 1. The molecule has 3 nitrogen and oxygen atoms in total. The number of carbonyl (C=O) groups is 1. The standard InChI is InChI=1S/C11H17NO2S/c1-10(2)9(13)14-8(12-10)11(15)6-4-3-5-7-11/h15H,3-7H2,1-2H3. The van der Waals surface area contributed by atoms with Gasteiger partial charge in [-0.3, -0.25) is 0 Å². The average molecular weight is 227 g/mol. The molecule has 0 unspecified atom stereocenters. The maximum absolute atomic E-state index is 11.5. The summed E-state index contributed by atoms with van der Waals surface area (Å²) in [5, 5.41) is 0. The Balaban J connectivity index is 2.21. The quantitative estimate of drug-likeness (QED) is 0.551. The van der Waals surface area contributed by atoms with Gasteiger partial charge in [-0.05, 0) is 26.7 Å². The Morgan fingerprint density at radius 2 is 1.87 bits per heavy atom. The molecule has 1 saturated carbocycles. The summed E-state index contributed by atoms with van der Waals surface area (Å²) in [4.78, 5) is 15.9. The van der Waals surface area contributed by atoms with Crippen molar-refractivity contribution in [3.63, 3.8) is 0 Å². The summed E-state index contributed by atoms with van der Waals surface area (Å²) in [5.41, 5.74) is -0.720. The van der Waals surface area contributed by atoms with Gasteiger partial charge in [0.1, 0.15) is 0 Å². The first-order chi connectivity index (χ1) is 6.94. The number of carbonyl (C=O) groups excluding carboxylic acids is 1. The van der Waals surface area contributed by atoms with Gasteiger partial charge in [0.25, 0.3) is 0 Å². The molecule has 84 valence electrons. The number of nitrogens with zero attached hydrogens (tertiary/aromatic N) is 1. The smallest absolute Gasteiger partial charge is 0.340 e. The van der Waals surface area contributed by atoms with E-state index in [0.717, 1.165) is 25.7 Å². The number of ether oxygens (including phenoxy) is 1. The lowest BCUT2D eigenvalue weighted by Gasteiger charge is -2.30. The van der Waals surface area contributed by atoms with E-state index in [1.165, 1.54) is 6.42 Å². The second-order valence-electron chi connectivity index (χ2n) is 4.96. The Bertz CT molecular complexity index is 317. The lowest BCUT2D eigenvalue weighted by Crippen LogP contribution is -2.35. The SMILES string of the molecule is CC1(C)N=C(C2(S)CCCCC2)OC1=O. The average Bonchev–Trinajstić information content (AvgIpc) is 2.43. The number of thiol groups is 1. The van der Waals surface area contributed by atoms with Gasteiger partial charge in [-0.1, -0.05) is 19.3 Å². The first-order valence-electron chi connectivity index (χ1n) is 5.49. The summed E-state index contributed by atoms with van der Waals surface area (Å²) in [7, 11) is 0. The fourth-order valence-electron chi connectivity index (χ4n) is 2.08. The normalized spacial score (nSPS) is 28.5. The minimum absolute atomic E-state index is 0.253.